The lowest BCUT2D eigenvalue weighted by Crippen LogP contribution is -2.47. The Labute approximate surface area is 177 Å². The van der Waals surface area contributed by atoms with Crippen LogP contribution in [-0.2, 0) is 6.42 Å². The molecule has 30 heavy (non-hydrogen) atoms. The maximum absolute atomic E-state index is 13.6. The number of fused-ring (bicyclic) bond motifs is 2. The Morgan fingerprint density at radius 1 is 0.733 bits per heavy atom. The van der Waals surface area contributed by atoms with Crippen molar-refractivity contribution in [3.05, 3.63) is 107 Å². The molecule has 0 aromatic heterocycles. The summed E-state index contributed by atoms with van der Waals surface area (Å²) in [4.78, 5) is 2.70. The zero-order valence-electron chi connectivity index (χ0n) is 17.1. The minimum atomic E-state index is -0.196. The summed E-state index contributed by atoms with van der Waals surface area (Å²) < 4.78 is 27.2. The fourth-order valence-electron chi connectivity index (χ4n) is 5.76. The third-order valence-electron chi connectivity index (χ3n) is 7.12. The van der Waals surface area contributed by atoms with Gasteiger partial charge in [0.2, 0.25) is 0 Å². The number of hydrogen-bond donors (Lipinski definition) is 0. The largest absolute Gasteiger partial charge is 0.296 e. The van der Waals surface area contributed by atoms with E-state index in [4.69, 9.17) is 0 Å². The number of piperidine rings is 1. The molecule has 2 fully saturated rings. The molecular weight excluding hydrogens is 376 g/mol. The van der Waals surface area contributed by atoms with Crippen molar-refractivity contribution >= 4 is 0 Å². The lowest BCUT2D eigenvalue weighted by atomic mass is 9.72. The third-order valence-corrected chi connectivity index (χ3v) is 7.12. The fourth-order valence-corrected chi connectivity index (χ4v) is 5.76. The first-order valence-electron chi connectivity index (χ1n) is 11.0. The second-order valence-electron chi connectivity index (χ2n) is 8.74. The highest BCUT2D eigenvalue weighted by Gasteiger charge is 2.47. The average Bonchev–Trinajstić information content (AvgIpc) is 3.06. The minimum Gasteiger partial charge on any atom is -0.296 e. The Kier molecular flexibility index (Phi) is 5.39. The molecule has 0 amide bonds. The molecular formula is C27H27F2N. The molecule has 2 bridgehead atoms. The second kappa shape index (κ2) is 8.31. The van der Waals surface area contributed by atoms with E-state index in [9.17, 15) is 8.78 Å². The van der Waals surface area contributed by atoms with Crippen LogP contribution in [0.3, 0.4) is 0 Å². The van der Waals surface area contributed by atoms with E-state index in [1.807, 2.05) is 24.3 Å². The molecule has 5 rings (SSSR count). The van der Waals surface area contributed by atoms with Gasteiger partial charge in [0.1, 0.15) is 11.6 Å². The Morgan fingerprint density at radius 2 is 1.37 bits per heavy atom. The quantitative estimate of drug-likeness (QED) is 0.482. The summed E-state index contributed by atoms with van der Waals surface area (Å²) in [6, 6.07) is 25.7. The molecule has 2 saturated heterocycles. The van der Waals surface area contributed by atoms with E-state index < -0.39 is 0 Å². The molecule has 2 heterocycles. The SMILES string of the molecule is Fc1ccc(C2C3CC[C@H](C[C@H]2c2ccc(F)cc2)N3CCc2ccccc2)cc1. The smallest absolute Gasteiger partial charge is 0.123 e. The zero-order chi connectivity index (χ0) is 20.5. The number of halogens is 2. The molecule has 1 nitrogen and oxygen atoms in total. The molecule has 3 aromatic rings. The van der Waals surface area contributed by atoms with Crippen molar-refractivity contribution in [3.63, 3.8) is 0 Å². The van der Waals surface area contributed by atoms with E-state index in [-0.39, 0.29) is 11.6 Å². The summed E-state index contributed by atoms with van der Waals surface area (Å²) in [6.07, 6.45) is 4.48. The van der Waals surface area contributed by atoms with Gasteiger partial charge in [-0.05, 0) is 72.6 Å². The van der Waals surface area contributed by atoms with Gasteiger partial charge in [0.05, 0.1) is 0 Å². The molecule has 3 aromatic carbocycles. The molecule has 2 aliphatic rings. The third kappa shape index (κ3) is 3.79. The molecule has 0 N–H and O–H groups in total. The summed E-state index contributed by atoms with van der Waals surface area (Å²) in [5.41, 5.74) is 3.77. The molecule has 0 saturated carbocycles. The van der Waals surface area contributed by atoms with Gasteiger partial charge in [-0.1, -0.05) is 54.6 Å². The maximum Gasteiger partial charge on any atom is 0.123 e. The van der Waals surface area contributed by atoms with E-state index in [0.717, 1.165) is 19.4 Å². The van der Waals surface area contributed by atoms with Crippen molar-refractivity contribution in [2.45, 2.75) is 49.6 Å². The highest BCUT2D eigenvalue weighted by Crippen LogP contribution is 2.51. The van der Waals surface area contributed by atoms with Crippen molar-refractivity contribution in [1.29, 1.82) is 0 Å². The minimum absolute atomic E-state index is 0.194. The maximum atomic E-state index is 13.6. The van der Waals surface area contributed by atoms with E-state index in [1.54, 1.807) is 24.3 Å². The van der Waals surface area contributed by atoms with Crippen LogP contribution in [-0.4, -0.2) is 23.5 Å². The van der Waals surface area contributed by atoms with Gasteiger partial charge in [-0.15, -0.1) is 0 Å². The van der Waals surface area contributed by atoms with Gasteiger partial charge in [0.25, 0.3) is 0 Å². The van der Waals surface area contributed by atoms with Crippen LogP contribution >= 0.6 is 0 Å². The topological polar surface area (TPSA) is 3.24 Å². The summed E-state index contributed by atoms with van der Waals surface area (Å²) in [5.74, 6) is 0.241. The van der Waals surface area contributed by atoms with Crippen LogP contribution in [0.4, 0.5) is 8.78 Å². The number of hydrogen-bond acceptors (Lipinski definition) is 1. The van der Waals surface area contributed by atoms with Crippen molar-refractivity contribution in [1.82, 2.24) is 4.90 Å². The summed E-state index contributed by atoms with van der Waals surface area (Å²) in [7, 11) is 0. The van der Waals surface area contributed by atoms with Crippen LogP contribution in [0, 0.1) is 11.6 Å². The normalized spacial score (nSPS) is 26.1. The first-order valence-corrected chi connectivity index (χ1v) is 11.0. The van der Waals surface area contributed by atoms with E-state index in [2.05, 4.69) is 35.2 Å². The summed E-state index contributed by atoms with van der Waals surface area (Å²) in [6.45, 7) is 1.05. The first-order chi connectivity index (χ1) is 14.7. The molecule has 2 aliphatic heterocycles. The monoisotopic (exact) mass is 403 g/mol. The van der Waals surface area contributed by atoms with Crippen LogP contribution in [0.5, 0.6) is 0 Å². The Balaban J connectivity index is 1.46. The van der Waals surface area contributed by atoms with Gasteiger partial charge in [0.15, 0.2) is 0 Å². The predicted octanol–water partition coefficient (Wildman–Crippen LogP) is 6.31. The van der Waals surface area contributed by atoms with Crippen molar-refractivity contribution in [2.24, 2.45) is 0 Å². The number of nitrogens with zero attached hydrogens (tertiary/aromatic N) is 1. The first kappa shape index (κ1) is 19.4. The van der Waals surface area contributed by atoms with Crippen LogP contribution < -0.4 is 0 Å². The van der Waals surface area contributed by atoms with E-state index in [0.29, 0.717) is 23.9 Å². The van der Waals surface area contributed by atoms with E-state index >= 15 is 0 Å². The molecule has 3 heteroatoms. The van der Waals surface area contributed by atoms with Crippen LogP contribution in [0.15, 0.2) is 78.9 Å². The molecule has 2 unspecified atom stereocenters. The average molecular weight is 404 g/mol. The van der Waals surface area contributed by atoms with Crippen molar-refractivity contribution in [2.75, 3.05) is 6.54 Å². The van der Waals surface area contributed by atoms with Gasteiger partial charge < -0.3 is 0 Å². The highest BCUT2D eigenvalue weighted by molar-refractivity contribution is 5.33. The lowest BCUT2D eigenvalue weighted by molar-refractivity contribution is 0.107. The van der Waals surface area contributed by atoms with Gasteiger partial charge >= 0.3 is 0 Å². The Bertz CT molecular complexity index is 968. The van der Waals surface area contributed by atoms with Gasteiger partial charge in [0, 0.05) is 24.5 Å². The Hall–Kier alpha value is -2.52. The van der Waals surface area contributed by atoms with E-state index in [1.165, 1.54) is 29.5 Å². The van der Waals surface area contributed by atoms with Crippen LogP contribution in [0.1, 0.15) is 47.8 Å². The lowest BCUT2D eigenvalue weighted by Gasteiger charge is -2.45. The van der Waals surface area contributed by atoms with Crippen LogP contribution in [0.2, 0.25) is 0 Å². The number of rotatable bonds is 5. The molecule has 0 spiro atoms. The molecule has 0 radical (unpaired) electrons. The summed E-state index contributed by atoms with van der Waals surface area (Å²) in [5, 5.41) is 0. The zero-order valence-corrected chi connectivity index (χ0v) is 17.1. The second-order valence-corrected chi connectivity index (χ2v) is 8.74. The number of benzene rings is 3. The van der Waals surface area contributed by atoms with Gasteiger partial charge in [-0.2, -0.15) is 0 Å². The predicted molar refractivity (Wildman–Crippen MR) is 117 cm³/mol. The summed E-state index contributed by atoms with van der Waals surface area (Å²) >= 11 is 0. The molecule has 4 atom stereocenters. The fraction of sp³-hybridized carbons (Fsp3) is 0.333. The molecule has 0 aliphatic carbocycles. The van der Waals surface area contributed by atoms with Crippen molar-refractivity contribution in [3.8, 4) is 0 Å². The van der Waals surface area contributed by atoms with Gasteiger partial charge in [-0.3, -0.25) is 4.90 Å². The molecule has 154 valence electrons. The van der Waals surface area contributed by atoms with Crippen LogP contribution in [0.25, 0.3) is 0 Å². The standard InChI is InChI=1S/C27H27F2N/c28-22-10-6-20(7-11-22)25-18-24-14-15-26(27(25)21-8-12-23(29)13-9-21)30(24)17-16-19-4-2-1-3-5-19/h1-13,24-27H,14-18H2/t24-,25+,26?,27?/m1/s1. The van der Waals surface area contributed by atoms with Gasteiger partial charge in [-0.25, -0.2) is 8.78 Å². The Morgan fingerprint density at radius 3 is 2.03 bits per heavy atom. The highest BCUT2D eigenvalue weighted by atomic mass is 19.1. The van der Waals surface area contributed by atoms with Crippen molar-refractivity contribution < 1.29 is 8.78 Å².